The average Bonchev–Trinajstić information content (AvgIpc) is 3.16. The lowest BCUT2D eigenvalue weighted by molar-refractivity contribution is -0.125. The van der Waals surface area contributed by atoms with Gasteiger partial charge in [0.15, 0.2) is 0 Å². The summed E-state index contributed by atoms with van der Waals surface area (Å²) in [4.78, 5) is 13.3. The molecule has 1 amide bonds. The molecule has 0 fully saturated rings. The number of nitrogens with one attached hydrogen (secondary N) is 1. The molecule has 0 spiro atoms. The van der Waals surface area contributed by atoms with E-state index >= 15 is 0 Å². The number of furan rings is 1. The zero-order valence-electron chi connectivity index (χ0n) is 17.0. The van der Waals surface area contributed by atoms with Gasteiger partial charge < -0.3 is 9.73 Å². The largest absolute Gasteiger partial charge is 0.465 e. The molecule has 1 unspecified atom stereocenters. The molecule has 156 valence electrons. The third-order valence-electron chi connectivity index (χ3n) is 5.34. The minimum atomic E-state index is -3.85. The molecule has 0 bridgehead atoms. The van der Waals surface area contributed by atoms with Gasteiger partial charge >= 0.3 is 0 Å². The van der Waals surface area contributed by atoms with Crippen molar-refractivity contribution in [3.8, 4) is 0 Å². The Hall–Kier alpha value is -2.90. The van der Waals surface area contributed by atoms with Gasteiger partial charge in [-0.1, -0.05) is 36.4 Å². The van der Waals surface area contributed by atoms with Crippen LogP contribution in [0.25, 0.3) is 0 Å². The van der Waals surface area contributed by atoms with Crippen LogP contribution in [0.3, 0.4) is 0 Å². The Labute approximate surface area is 176 Å². The van der Waals surface area contributed by atoms with Crippen LogP contribution in [0.5, 0.6) is 0 Å². The summed E-state index contributed by atoms with van der Waals surface area (Å²) in [6.45, 7) is 4.05. The van der Waals surface area contributed by atoms with Crippen LogP contribution in [0, 0.1) is 13.8 Å². The number of amides is 1. The van der Waals surface area contributed by atoms with Gasteiger partial charge in [0.2, 0.25) is 15.9 Å². The number of rotatable bonds is 5. The zero-order valence-corrected chi connectivity index (χ0v) is 17.8. The van der Waals surface area contributed by atoms with Crippen molar-refractivity contribution < 1.29 is 17.6 Å². The van der Waals surface area contributed by atoms with Crippen LogP contribution in [0.15, 0.2) is 70.0 Å². The highest BCUT2D eigenvalue weighted by Gasteiger charge is 2.39. The molecule has 1 N–H and O–H groups in total. The number of benzene rings is 2. The molecule has 0 saturated heterocycles. The van der Waals surface area contributed by atoms with E-state index in [1.807, 2.05) is 50.2 Å². The molecule has 2 heterocycles. The van der Waals surface area contributed by atoms with Crippen LogP contribution in [0.2, 0.25) is 0 Å². The Balaban J connectivity index is 1.65. The molecule has 1 aromatic heterocycles. The van der Waals surface area contributed by atoms with Gasteiger partial charge in [-0.25, -0.2) is 8.42 Å². The van der Waals surface area contributed by atoms with E-state index in [0.29, 0.717) is 12.2 Å². The summed E-state index contributed by atoms with van der Waals surface area (Å²) in [6, 6.07) is 17.2. The molecule has 0 aliphatic carbocycles. The van der Waals surface area contributed by atoms with Crippen LogP contribution in [0.4, 0.5) is 0 Å². The first kappa shape index (κ1) is 20.4. The Bertz CT molecular complexity index is 1180. The molecule has 1 atom stereocenters. The minimum Gasteiger partial charge on any atom is -0.465 e. The number of aryl methyl sites for hydroxylation is 2. The van der Waals surface area contributed by atoms with E-state index in [0.717, 1.165) is 22.5 Å². The van der Waals surface area contributed by atoms with Crippen molar-refractivity contribution in [1.82, 2.24) is 9.62 Å². The van der Waals surface area contributed by atoms with Gasteiger partial charge in [0, 0.05) is 6.54 Å². The molecule has 7 heteroatoms. The van der Waals surface area contributed by atoms with E-state index < -0.39 is 16.1 Å². The van der Waals surface area contributed by atoms with E-state index in [9.17, 15) is 13.2 Å². The number of carbonyl (C=O) groups is 1. The van der Waals surface area contributed by atoms with Crippen molar-refractivity contribution in [2.75, 3.05) is 0 Å². The van der Waals surface area contributed by atoms with Gasteiger partial charge in [-0.05, 0) is 61.2 Å². The summed E-state index contributed by atoms with van der Waals surface area (Å²) in [7, 11) is -3.85. The third-order valence-corrected chi connectivity index (χ3v) is 7.19. The zero-order chi connectivity index (χ0) is 21.3. The molecule has 0 radical (unpaired) electrons. The molecule has 2 aromatic carbocycles. The molecule has 3 aromatic rings. The van der Waals surface area contributed by atoms with Gasteiger partial charge in [-0.2, -0.15) is 4.31 Å². The molecule has 4 rings (SSSR count). The lowest BCUT2D eigenvalue weighted by Gasteiger charge is -2.35. The fourth-order valence-corrected chi connectivity index (χ4v) is 5.43. The standard InChI is InChI=1S/C23H24N2O4S/c1-16-6-5-9-21(12-16)30(27,28)25-15-19-8-4-3-7-18(19)13-22(25)23(26)24-14-20-11-10-17(2)29-20/h3-12,22H,13-15H2,1-2H3,(H,24,26). The number of fused-ring (bicyclic) bond motifs is 1. The smallest absolute Gasteiger partial charge is 0.244 e. The quantitative estimate of drug-likeness (QED) is 0.681. The van der Waals surface area contributed by atoms with Crippen molar-refractivity contribution in [3.05, 3.63) is 88.9 Å². The SMILES string of the molecule is Cc1cccc(S(=O)(=O)N2Cc3ccccc3CC2C(=O)NCc2ccc(C)o2)c1. The second-order valence-corrected chi connectivity index (χ2v) is 9.48. The summed E-state index contributed by atoms with van der Waals surface area (Å²) < 4.78 is 33.8. The number of hydrogen-bond donors (Lipinski definition) is 1. The molecule has 1 aliphatic heterocycles. The maximum atomic E-state index is 13.5. The van der Waals surface area contributed by atoms with E-state index in [4.69, 9.17) is 4.42 Å². The third kappa shape index (κ3) is 4.04. The molecule has 1 aliphatic rings. The Morgan fingerprint density at radius 1 is 1.07 bits per heavy atom. The lowest BCUT2D eigenvalue weighted by Crippen LogP contribution is -2.52. The predicted octanol–water partition coefficient (Wildman–Crippen LogP) is 3.33. The topological polar surface area (TPSA) is 79.6 Å². The maximum Gasteiger partial charge on any atom is 0.244 e. The second-order valence-electron chi connectivity index (χ2n) is 7.59. The number of nitrogens with zero attached hydrogens (tertiary/aromatic N) is 1. The van der Waals surface area contributed by atoms with E-state index in [1.165, 1.54) is 4.31 Å². The van der Waals surface area contributed by atoms with Gasteiger partial charge in [-0.3, -0.25) is 4.79 Å². The Morgan fingerprint density at radius 2 is 1.83 bits per heavy atom. The first-order chi connectivity index (χ1) is 14.3. The molecular formula is C23H24N2O4S. The fourth-order valence-electron chi connectivity index (χ4n) is 3.76. The molecular weight excluding hydrogens is 400 g/mol. The minimum absolute atomic E-state index is 0.157. The number of sulfonamides is 1. The molecule has 0 saturated carbocycles. The Morgan fingerprint density at radius 3 is 2.53 bits per heavy atom. The van der Waals surface area contributed by atoms with E-state index in [-0.39, 0.29) is 23.9 Å². The number of hydrogen-bond acceptors (Lipinski definition) is 4. The van der Waals surface area contributed by atoms with Gasteiger partial charge in [0.05, 0.1) is 11.4 Å². The summed E-state index contributed by atoms with van der Waals surface area (Å²) in [6.07, 6.45) is 0.324. The second kappa shape index (κ2) is 8.08. The van der Waals surface area contributed by atoms with Crippen molar-refractivity contribution >= 4 is 15.9 Å². The fraction of sp³-hybridized carbons (Fsp3) is 0.261. The van der Waals surface area contributed by atoms with E-state index in [2.05, 4.69) is 5.32 Å². The summed E-state index contributed by atoms with van der Waals surface area (Å²) >= 11 is 0. The van der Waals surface area contributed by atoms with Crippen LogP contribution < -0.4 is 5.32 Å². The van der Waals surface area contributed by atoms with Crippen LogP contribution in [-0.2, 0) is 34.3 Å². The van der Waals surface area contributed by atoms with Crippen molar-refractivity contribution in [2.45, 2.75) is 44.3 Å². The normalized spacial score (nSPS) is 16.8. The Kier molecular flexibility index (Phi) is 5.49. The van der Waals surface area contributed by atoms with Crippen molar-refractivity contribution in [2.24, 2.45) is 0 Å². The van der Waals surface area contributed by atoms with Crippen LogP contribution in [0.1, 0.15) is 28.2 Å². The molecule has 30 heavy (non-hydrogen) atoms. The average molecular weight is 425 g/mol. The maximum absolute atomic E-state index is 13.5. The predicted molar refractivity (Wildman–Crippen MR) is 113 cm³/mol. The highest BCUT2D eigenvalue weighted by atomic mass is 32.2. The number of carbonyl (C=O) groups excluding carboxylic acids is 1. The van der Waals surface area contributed by atoms with Crippen LogP contribution >= 0.6 is 0 Å². The van der Waals surface area contributed by atoms with E-state index in [1.54, 1.807) is 24.3 Å². The van der Waals surface area contributed by atoms with Crippen molar-refractivity contribution in [3.63, 3.8) is 0 Å². The highest BCUT2D eigenvalue weighted by Crippen LogP contribution is 2.29. The summed E-state index contributed by atoms with van der Waals surface area (Å²) in [5.41, 5.74) is 2.75. The van der Waals surface area contributed by atoms with Gasteiger partial charge in [-0.15, -0.1) is 0 Å². The summed E-state index contributed by atoms with van der Waals surface area (Å²) in [5.74, 6) is 1.05. The highest BCUT2D eigenvalue weighted by molar-refractivity contribution is 7.89. The van der Waals surface area contributed by atoms with Crippen LogP contribution in [-0.4, -0.2) is 24.7 Å². The first-order valence-corrected chi connectivity index (χ1v) is 11.3. The monoisotopic (exact) mass is 424 g/mol. The van der Waals surface area contributed by atoms with Gasteiger partial charge in [0.25, 0.3) is 0 Å². The first-order valence-electron chi connectivity index (χ1n) is 9.83. The lowest BCUT2D eigenvalue weighted by atomic mass is 9.95. The van der Waals surface area contributed by atoms with Crippen molar-refractivity contribution in [1.29, 1.82) is 0 Å². The van der Waals surface area contributed by atoms with Gasteiger partial charge in [0.1, 0.15) is 17.6 Å². The molecule has 6 nitrogen and oxygen atoms in total. The summed E-state index contributed by atoms with van der Waals surface area (Å²) in [5, 5.41) is 2.84.